The highest BCUT2D eigenvalue weighted by atomic mass is 32.2. The molecule has 0 bridgehead atoms. The second-order valence-corrected chi connectivity index (χ2v) is 6.59. The lowest BCUT2D eigenvalue weighted by atomic mass is 10.1. The van der Waals surface area contributed by atoms with Crippen LogP contribution in [0.4, 0.5) is 4.39 Å². The average molecular weight is 313 g/mol. The summed E-state index contributed by atoms with van der Waals surface area (Å²) >= 11 is 0. The quantitative estimate of drug-likeness (QED) is 0.913. The summed E-state index contributed by atoms with van der Waals surface area (Å²) in [5.41, 5.74) is -2.15. The van der Waals surface area contributed by atoms with Crippen molar-refractivity contribution in [2.75, 3.05) is 18.8 Å². The Hall–Kier alpha value is -1.76. The van der Waals surface area contributed by atoms with Gasteiger partial charge in [-0.3, -0.25) is 9.00 Å². The molecule has 2 atom stereocenters. The largest absolute Gasteiger partial charge is 0.479 e. The number of halogens is 1. The second-order valence-electron chi connectivity index (χ2n) is 4.88. The van der Waals surface area contributed by atoms with Crippen LogP contribution in [0.15, 0.2) is 29.2 Å². The van der Waals surface area contributed by atoms with E-state index in [1.165, 1.54) is 11.0 Å². The highest BCUT2D eigenvalue weighted by Gasteiger charge is 2.47. The summed E-state index contributed by atoms with van der Waals surface area (Å²) < 4.78 is 26.0. The molecule has 1 aliphatic heterocycles. The lowest BCUT2D eigenvalue weighted by Gasteiger charge is -2.19. The third kappa shape index (κ3) is 2.97. The second kappa shape index (κ2) is 5.93. The van der Waals surface area contributed by atoms with Crippen molar-refractivity contribution in [3.8, 4) is 0 Å². The number of alkyl halides is 1. The van der Waals surface area contributed by atoms with E-state index in [1.807, 2.05) is 0 Å². The van der Waals surface area contributed by atoms with E-state index in [1.54, 1.807) is 25.1 Å². The Balaban J connectivity index is 2.27. The number of likely N-dealkylation sites (tertiary alicyclic amines) is 1. The molecule has 2 unspecified atom stereocenters. The average Bonchev–Trinajstić information content (AvgIpc) is 2.89. The molecule has 1 amide bonds. The van der Waals surface area contributed by atoms with E-state index in [9.17, 15) is 18.2 Å². The number of aliphatic carboxylic acids is 1. The summed E-state index contributed by atoms with van der Waals surface area (Å²) in [5.74, 6) is -1.66. The first-order valence-corrected chi connectivity index (χ1v) is 7.90. The number of hydrogen-bond donors (Lipinski definition) is 1. The standard InChI is InChI=1S/C14H16FNO4S/c1-2-21(20)11-6-4-3-5-10(11)12(17)16-8-7-14(15,9-16)13(18)19/h3-6H,2,7-9H2,1H3,(H,18,19). The minimum absolute atomic E-state index is 0.0364. The molecule has 0 spiro atoms. The number of amides is 1. The molecule has 5 nitrogen and oxygen atoms in total. The number of carboxylic acid groups (broad SMARTS) is 1. The van der Waals surface area contributed by atoms with Gasteiger partial charge in [-0.1, -0.05) is 19.1 Å². The van der Waals surface area contributed by atoms with Crippen molar-refractivity contribution in [3.63, 3.8) is 0 Å². The van der Waals surface area contributed by atoms with Crippen LogP contribution in [0.5, 0.6) is 0 Å². The molecule has 2 rings (SSSR count). The van der Waals surface area contributed by atoms with Crippen LogP contribution in [0.2, 0.25) is 0 Å². The van der Waals surface area contributed by atoms with Crippen molar-refractivity contribution < 1.29 is 23.3 Å². The van der Waals surface area contributed by atoms with Gasteiger partial charge in [0.2, 0.25) is 5.67 Å². The Labute approximate surface area is 124 Å². The minimum Gasteiger partial charge on any atom is -0.479 e. The fraction of sp³-hybridized carbons (Fsp3) is 0.429. The topological polar surface area (TPSA) is 74.7 Å². The van der Waals surface area contributed by atoms with Gasteiger partial charge < -0.3 is 10.0 Å². The SMILES string of the molecule is CCS(=O)c1ccccc1C(=O)N1CCC(F)(C(=O)O)C1. The van der Waals surface area contributed by atoms with Gasteiger partial charge in [-0.15, -0.1) is 0 Å². The molecule has 7 heteroatoms. The first-order valence-electron chi connectivity index (χ1n) is 6.58. The maximum Gasteiger partial charge on any atom is 0.343 e. The van der Waals surface area contributed by atoms with E-state index in [2.05, 4.69) is 0 Å². The highest BCUT2D eigenvalue weighted by Crippen LogP contribution is 2.28. The van der Waals surface area contributed by atoms with Crippen molar-refractivity contribution in [2.45, 2.75) is 23.9 Å². The number of carboxylic acids is 1. The molecule has 0 aromatic heterocycles. The Kier molecular flexibility index (Phi) is 4.41. The molecule has 1 aromatic rings. The molecule has 1 N–H and O–H groups in total. The maximum absolute atomic E-state index is 14.0. The van der Waals surface area contributed by atoms with Crippen LogP contribution < -0.4 is 0 Å². The third-order valence-corrected chi connectivity index (χ3v) is 4.89. The van der Waals surface area contributed by atoms with Crippen molar-refractivity contribution in [1.29, 1.82) is 0 Å². The van der Waals surface area contributed by atoms with Crippen LogP contribution in [-0.2, 0) is 15.6 Å². The monoisotopic (exact) mass is 313 g/mol. The molecule has 0 saturated carbocycles. The van der Waals surface area contributed by atoms with Gasteiger partial charge in [0.15, 0.2) is 0 Å². The molecule has 1 aliphatic rings. The summed E-state index contributed by atoms with van der Waals surface area (Å²) in [6, 6.07) is 6.45. The number of nitrogens with zero attached hydrogens (tertiary/aromatic N) is 1. The van der Waals surface area contributed by atoms with Crippen LogP contribution in [0.1, 0.15) is 23.7 Å². The number of carbonyl (C=O) groups excluding carboxylic acids is 1. The summed E-state index contributed by atoms with van der Waals surface area (Å²) in [5, 5.41) is 8.86. The number of carbonyl (C=O) groups is 2. The van der Waals surface area contributed by atoms with Gasteiger partial charge in [0.1, 0.15) is 0 Å². The zero-order chi connectivity index (χ0) is 15.6. The predicted octanol–water partition coefficient (Wildman–Crippen LogP) is 1.45. The lowest BCUT2D eigenvalue weighted by molar-refractivity contribution is -0.149. The molecule has 1 heterocycles. The zero-order valence-corrected chi connectivity index (χ0v) is 12.4. The Morgan fingerprint density at radius 1 is 1.43 bits per heavy atom. The van der Waals surface area contributed by atoms with Crippen molar-refractivity contribution in [1.82, 2.24) is 4.90 Å². The number of rotatable bonds is 4. The Morgan fingerprint density at radius 3 is 2.67 bits per heavy atom. The summed E-state index contributed by atoms with van der Waals surface area (Å²) in [4.78, 5) is 24.9. The van der Waals surface area contributed by atoms with E-state index in [-0.39, 0.29) is 18.5 Å². The van der Waals surface area contributed by atoms with Gasteiger partial charge in [-0.25, -0.2) is 9.18 Å². The van der Waals surface area contributed by atoms with Crippen LogP contribution in [0, 0.1) is 0 Å². The lowest BCUT2D eigenvalue weighted by Crippen LogP contribution is -2.39. The van der Waals surface area contributed by atoms with Crippen LogP contribution >= 0.6 is 0 Å². The summed E-state index contributed by atoms with van der Waals surface area (Å²) in [6.45, 7) is 1.30. The van der Waals surface area contributed by atoms with E-state index < -0.39 is 34.9 Å². The number of benzene rings is 1. The first kappa shape index (κ1) is 15.6. The van der Waals surface area contributed by atoms with Crippen LogP contribution in [0.3, 0.4) is 0 Å². The van der Waals surface area contributed by atoms with E-state index in [4.69, 9.17) is 5.11 Å². The Bertz CT molecular complexity index is 606. The highest BCUT2D eigenvalue weighted by molar-refractivity contribution is 7.85. The molecule has 1 saturated heterocycles. The predicted molar refractivity (Wildman–Crippen MR) is 75.4 cm³/mol. The Morgan fingerprint density at radius 2 is 2.10 bits per heavy atom. The van der Waals surface area contributed by atoms with Gasteiger partial charge in [0, 0.05) is 18.7 Å². The molecule has 21 heavy (non-hydrogen) atoms. The van der Waals surface area contributed by atoms with Gasteiger partial charge in [-0.2, -0.15) is 0 Å². The van der Waals surface area contributed by atoms with Crippen molar-refractivity contribution >= 4 is 22.7 Å². The number of hydrogen-bond acceptors (Lipinski definition) is 3. The molecule has 1 aromatic carbocycles. The molecular weight excluding hydrogens is 297 g/mol. The molecule has 114 valence electrons. The molecular formula is C14H16FNO4S. The van der Waals surface area contributed by atoms with Crippen LogP contribution in [-0.4, -0.2) is 50.6 Å². The third-order valence-electron chi connectivity index (χ3n) is 3.51. The minimum atomic E-state index is -2.39. The molecule has 1 fully saturated rings. The van der Waals surface area contributed by atoms with Crippen molar-refractivity contribution in [2.24, 2.45) is 0 Å². The zero-order valence-electron chi connectivity index (χ0n) is 11.5. The van der Waals surface area contributed by atoms with Gasteiger partial charge in [0.05, 0.1) is 27.8 Å². The first-order chi connectivity index (χ1) is 9.89. The summed E-state index contributed by atoms with van der Waals surface area (Å²) in [6.07, 6.45) is -0.229. The fourth-order valence-corrected chi connectivity index (χ4v) is 3.23. The smallest absolute Gasteiger partial charge is 0.343 e. The van der Waals surface area contributed by atoms with Crippen molar-refractivity contribution in [3.05, 3.63) is 29.8 Å². The van der Waals surface area contributed by atoms with Crippen LogP contribution in [0.25, 0.3) is 0 Å². The van der Waals surface area contributed by atoms with Gasteiger partial charge >= 0.3 is 5.97 Å². The fourth-order valence-electron chi connectivity index (χ4n) is 2.29. The van der Waals surface area contributed by atoms with E-state index in [0.29, 0.717) is 10.6 Å². The van der Waals surface area contributed by atoms with Gasteiger partial charge in [0.25, 0.3) is 5.91 Å². The normalized spacial score (nSPS) is 23.0. The summed E-state index contributed by atoms with van der Waals surface area (Å²) in [7, 11) is -1.31. The molecule has 0 radical (unpaired) electrons. The molecule has 0 aliphatic carbocycles. The maximum atomic E-state index is 14.0. The van der Waals surface area contributed by atoms with E-state index in [0.717, 1.165) is 0 Å². The van der Waals surface area contributed by atoms with Gasteiger partial charge in [-0.05, 0) is 12.1 Å². The van der Waals surface area contributed by atoms with E-state index >= 15 is 0 Å².